The van der Waals surface area contributed by atoms with E-state index in [4.69, 9.17) is 9.47 Å². The van der Waals surface area contributed by atoms with Crippen molar-refractivity contribution in [3.8, 4) is 0 Å². The summed E-state index contributed by atoms with van der Waals surface area (Å²) in [4.78, 5) is 33.2. The minimum atomic E-state index is -0.582. The molecule has 0 heterocycles. The molecule has 0 fully saturated rings. The molecule has 0 atom stereocenters. The van der Waals surface area contributed by atoms with Gasteiger partial charge in [-0.1, -0.05) is 44.0 Å². The molecule has 0 amide bonds. The first-order valence-corrected chi connectivity index (χ1v) is 6.91. The van der Waals surface area contributed by atoms with Crippen LogP contribution < -0.4 is 0 Å². The van der Waals surface area contributed by atoms with Crippen molar-refractivity contribution in [2.75, 3.05) is 13.2 Å². The predicted octanol–water partition coefficient (Wildman–Crippen LogP) is 3.07. The Labute approximate surface area is 141 Å². The minimum absolute atomic E-state index is 0.0921. The normalized spacial score (nSPS) is 8.71. The zero-order chi connectivity index (χ0) is 18.4. The summed E-state index contributed by atoms with van der Waals surface area (Å²) in [5.74, 6) is -1.49. The van der Waals surface area contributed by atoms with E-state index >= 15 is 0 Å². The number of esters is 3. The molecule has 0 unspecified atom stereocenters. The van der Waals surface area contributed by atoms with Crippen molar-refractivity contribution in [3.05, 3.63) is 73.5 Å². The lowest BCUT2D eigenvalue weighted by molar-refractivity contribution is -0.135. The average Bonchev–Trinajstić information content (AvgIpc) is 2.58. The Kier molecular flexibility index (Phi) is 10.8. The topological polar surface area (TPSA) is 78.9 Å². The monoisotopic (exact) mass is 332 g/mol. The van der Waals surface area contributed by atoms with E-state index in [9.17, 15) is 14.4 Å². The summed E-state index contributed by atoms with van der Waals surface area (Å²) in [5.41, 5.74) is 0.349. The van der Waals surface area contributed by atoms with Crippen molar-refractivity contribution < 1.29 is 28.6 Å². The standard InChI is InChI=1S/C14H14O4.C4H6O2/c1-3-9-17-13(15)11-7-5-6-8-12(11)14(16)18-10-4-2;1-3-6-4(2)5/h3-8H,1-2,9-10H2;3H,1H2,2H3. The van der Waals surface area contributed by atoms with Crippen LogP contribution in [0, 0.1) is 0 Å². The number of hydrogen-bond acceptors (Lipinski definition) is 6. The molecule has 0 spiro atoms. The van der Waals surface area contributed by atoms with Crippen molar-refractivity contribution in [3.63, 3.8) is 0 Å². The van der Waals surface area contributed by atoms with E-state index in [1.54, 1.807) is 12.1 Å². The van der Waals surface area contributed by atoms with Crippen LogP contribution in [-0.4, -0.2) is 31.1 Å². The van der Waals surface area contributed by atoms with Gasteiger partial charge in [-0.3, -0.25) is 4.79 Å². The maximum atomic E-state index is 11.7. The van der Waals surface area contributed by atoms with E-state index in [1.165, 1.54) is 31.2 Å². The van der Waals surface area contributed by atoms with Gasteiger partial charge in [-0.05, 0) is 12.1 Å². The van der Waals surface area contributed by atoms with Gasteiger partial charge < -0.3 is 14.2 Å². The summed E-state index contributed by atoms with van der Waals surface area (Å²) < 4.78 is 13.9. The molecular formula is C18H20O6. The Hall–Kier alpha value is -3.15. The zero-order valence-corrected chi connectivity index (χ0v) is 13.5. The van der Waals surface area contributed by atoms with Gasteiger partial charge in [0.15, 0.2) is 0 Å². The van der Waals surface area contributed by atoms with Gasteiger partial charge in [0, 0.05) is 6.92 Å². The van der Waals surface area contributed by atoms with Crippen LogP contribution in [0.2, 0.25) is 0 Å². The summed E-state index contributed by atoms with van der Waals surface area (Å²) in [6.07, 6.45) is 4.01. The number of carbonyl (C=O) groups excluding carboxylic acids is 3. The Balaban J connectivity index is 0.000000754. The van der Waals surface area contributed by atoms with Gasteiger partial charge in [-0.25, -0.2) is 9.59 Å². The van der Waals surface area contributed by atoms with Crippen LogP contribution in [0.4, 0.5) is 0 Å². The summed E-state index contributed by atoms with van der Waals surface area (Å²) >= 11 is 0. The van der Waals surface area contributed by atoms with Crippen molar-refractivity contribution in [2.24, 2.45) is 0 Å². The number of rotatable bonds is 7. The quantitative estimate of drug-likeness (QED) is 0.330. The predicted molar refractivity (Wildman–Crippen MR) is 89.4 cm³/mol. The van der Waals surface area contributed by atoms with Crippen LogP contribution in [0.3, 0.4) is 0 Å². The molecule has 0 aliphatic carbocycles. The molecule has 1 aromatic rings. The van der Waals surface area contributed by atoms with Crippen molar-refractivity contribution in [1.82, 2.24) is 0 Å². The number of carbonyl (C=O) groups is 3. The zero-order valence-electron chi connectivity index (χ0n) is 13.5. The third-order valence-corrected chi connectivity index (χ3v) is 2.28. The highest BCUT2D eigenvalue weighted by atomic mass is 16.5. The molecule has 0 radical (unpaired) electrons. The van der Waals surface area contributed by atoms with Gasteiger partial charge in [0.25, 0.3) is 0 Å². The lowest BCUT2D eigenvalue weighted by atomic mass is 10.1. The van der Waals surface area contributed by atoms with Gasteiger partial charge in [-0.2, -0.15) is 0 Å². The largest absolute Gasteiger partial charge is 0.458 e. The fourth-order valence-electron chi connectivity index (χ4n) is 1.38. The second-order valence-electron chi connectivity index (χ2n) is 4.10. The van der Waals surface area contributed by atoms with Crippen LogP contribution >= 0.6 is 0 Å². The van der Waals surface area contributed by atoms with E-state index < -0.39 is 11.9 Å². The Morgan fingerprint density at radius 3 is 1.58 bits per heavy atom. The molecule has 0 aliphatic heterocycles. The van der Waals surface area contributed by atoms with Gasteiger partial charge in [0.2, 0.25) is 0 Å². The summed E-state index contributed by atoms with van der Waals surface area (Å²) in [6.45, 7) is 11.6. The molecular weight excluding hydrogens is 312 g/mol. The SMILES string of the molecule is C=CCOC(=O)c1ccccc1C(=O)OCC=C.C=COC(C)=O. The minimum Gasteiger partial charge on any atom is -0.458 e. The smallest absolute Gasteiger partial charge is 0.339 e. The molecule has 0 aliphatic rings. The third kappa shape index (κ3) is 8.33. The average molecular weight is 332 g/mol. The highest BCUT2D eigenvalue weighted by molar-refractivity contribution is 6.03. The van der Waals surface area contributed by atoms with Gasteiger partial charge >= 0.3 is 17.9 Å². The summed E-state index contributed by atoms with van der Waals surface area (Å²) in [7, 11) is 0. The molecule has 6 heteroatoms. The summed E-state index contributed by atoms with van der Waals surface area (Å²) in [6, 6.07) is 6.31. The Bertz CT molecular complexity index is 560. The molecule has 0 bridgehead atoms. The van der Waals surface area contributed by atoms with Crippen LogP contribution in [0.1, 0.15) is 27.6 Å². The Morgan fingerprint density at radius 1 is 0.917 bits per heavy atom. The third-order valence-electron chi connectivity index (χ3n) is 2.28. The fourth-order valence-corrected chi connectivity index (χ4v) is 1.38. The first-order chi connectivity index (χ1) is 11.5. The molecule has 1 rings (SSSR count). The highest BCUT2D eigenvalue weighted by Crippen LogP contribution is 2.12. The van der Waals surface area contributed by atoms with Crippen LogP contribution in [0.5, 0.6) is 0 Å². The molecule has 1 aromatic carbocycles. The maximum Gasteiger partial charge on any atom is 0.339 e. The fraction of sp³-hybridized carbons (Fsp3) is 0.167. The number of benzene rings is 1. The molecule has 0 aromatic heterocycles. The van der Waals surface area contributed by atoms with Crippen LogP contribution in [0.25, 0.3) is 0 Å². The number of hydrogen-bond donors (Lipinski definition) is 0. The first kappa shape index (κ1) is 20.9. The molecule has 0 saturated heterocycles. The molecule has 128 valence electrons. The van der Waals surface area contributed by atoms with Crippen LogP contribution in [0.15, 0.2) is 62.4 Å². The van der Waals surface area contributed by atoms with E-state index in [0.29, 0.717) is 0 Å². The molecule has 24 heavy (non-hydrogen) atoms. The maximum absolute atomic E-state index is 11.7. The van der Waals surface area contributed by atoms with Crippen molar-refractivity contribution in [1.29, 1.82) is 0 Å². The van der Waals surface area contributed by atoms with Crippen LogP contribution in [-0.2, 0) is 19.0 Å². The van der Waals surface area contributed by atoms with Gasteiger partial charge in [0.05, 0.1) is 17.4 Å². The molecule has 0 N–H and O–H groups in total. The van der Waals surface area contributed by atoms with E-state index in [2.05, 4.69) is 24.5 Å². The van der Waals surface area contributed by atoms with E-state index in [1.807, 2.05) is 0 Å². The van der Waals surface area contributed by atoms with Crippen molar-refractivity contribution in [2.45, 2.75) is 6.92 Å². The van der Waals surface area contributed by atoms with Gasteiger partial charge in [0.1, 0.15) is 13.2 Å². The van der Waals surface area contributed by atoms with E-state index in [-0.39, 0.29) is 30.3 Å². The number of ether oxygens (including phenoxy) is 3. The second-order valence-corrected chi connectivity index (χ2v) is 4.10. The summed E-state index contributed by atoms with van der Waals surface area (Å²) in [5, 5.41) is 0. The lowest BCUT2D eigenvalue weighted by Crippen LogP contribution is -2.14. The lowest BCUT2D eigenvalue weighted by Gasteiger charge is -2.07. The molecule has 6 nitrogen and oxygen atoms in total. The second kappa shape index (κ2) is 12.4. The molecule has 0 saturated carbocycles. The Morgan fingerprint density at radius 2 is 1.33 bits per heavy atom. The van der Waals surface area contributed by atoms with E-state index in [0.717, 1.165) is 6.26 Å². The van der Waals surface area contributed by atoms with Crippen molar-refractivity contribution >= 4 is 17.9 Å². The van der Waals surface area contributed by atoms with Gasteiger partial charge in [-0.15, -0.1) is 0 Å². The highest BCUT2D eigenvalue weighted by Gasteiger charge is 2.18. The first-order valence-electron chi connectivity index (χ1n) is 6.91.